The summed E-state index contributed by atoms with van der Waals surface area (Å²) in [7, 11) is 0. The molecule has 0 spiro atoms. The van der Waals surface area contributed by atoms with E-state index < -0.39 is 11.6 Å². The first-order valence-electron chi connectivity index (χ1n) is 16.9. The van der Waals surface area contributed by atoms with Gasteiger partial charge in [-0.2, -0.15) is 0 Å². The third-order valence-electron chi connectivity index (χ3n) is 9.44. The van der Waals surface area contributed by atoms with Crippen molar-refractivity contribution in [3.05, 3.63) is 137 Å². The molecule has 0 atom stereocenters. The molecule has 5 rings (SSSR count). The molecule has 8 heteroatoms. The Kier molecular flexibility index (Phi) is 12.0. The molecule has 0 unspecified atom stereocenters. The summed E-state index contributed by atoms with van der Waals surface area (Å²) in [5, 5.41) is 0.682. The number of carbonyl (C=O) groups excluding carboxylic acids is 2. The van der Waals surface area contributed by atoms with E-state index in [2.05, 4.69) is 49.6 Å². The lowest BCUT2D eigenvalue weighted by Crippen LogP contribution is -2.50. The molecular weight excluding hydrogens is 640 g/mol. The Morgan fingerprint density at radius 3 is 2.16 bits per heavy atom. The van der Waals surface area contributed by atoms with Gasteiger partial charge < -0.3 is 14.7 Å². The molecule has 0 saturated carbocycles. The smallest absolute Gasteiger partial charge is 0.243 e. The largest absolute Gasteiger partial charge is 0.336 e. The van der Waals surface area contributed by atoms with Crippen molar-refractivity contribution in [2.45, 2.75) is 65.1 Å². The van der Waals surface area contributed by atoms with Gasteiger partial charge in [-0.1, -0.05) is 78.8 Å². The number of piperidine rings is 1. The number of benzene rings is 4. The minimum atomic E-state index is -0.905. The molecule has 1 aliphatic rings. The average Bonchev–Trinajstić information content (AvgIpc) is 3.10. The van der Waals surface area contributed by atoms with Crippen LogP contribution in [0, 0.1) is 11.6 Å². The summed E-state index contributed by atoms with van der Waals surface area (Å²) >= 11 is 6.09. The van der Waals surface area contributed by atoms with Crippen molar-refractivity contribution >= 4 is 29.0 Å². The van der Waals surface area contributed by atoms with Gasteiger partial charge in [-0.3, -0.25) is 9.59 Å². The molecule has 1 amide bonds. The van der Waals surface area contributed by atoms with Crippen LogP contribution in [0.3, 0.4) is 0 Å². The van der Waals surface area contributed by atoms with Crippen LogP contribution in [-0.4, -0.2) is 53.2 Å². The van der Waals surface area contributed by atoms with Gasteiger partial charge in [0.25, 0.3) is 0 Å². The van der Waals surface area contributed by atoms with E-state index in [0.717, 1.165) is 48.7 Å². The summed E-state index contributed by atoms with van der Waals surface area (Å²) in [6, 6.07) is 27.7. The maximum atomic E-state index is 14.6. The zero-order valence-electron chi connectivity index (χ0n) is 28.5. The minimum absolute atomic E-state index is 0.0259. The number of allylic oxidation sites excluding steroid dienone is 1. The third kappa shape index (κ3) is 9.02. The van der Waals surface area contributed by atoms with Gasteiger partial charge in [-0.15, -0.1) is 0 Å². The highest BCUT2D eigenvalue weighted by Gasteiger charge is 2.31. The number of para-hydroxylation sites is 1. The van der Waals surface area contributed by atoms with Crippen LogP contribution in [0.4, 0.5) is 14.5 Å². The van der Waals surface area contributed by atoms with E-state index in [1.54, 1.807) is 29.2 Å². The Balaban J connectivity index is 1.43. The fraction of sp³-hybridized carbons (Fsp3) is 0.317. The molecule has 1 saturated heterocycles. The van der Waals surface area contributed by atoms with Gasteiger partial charge >= 0.3 is 0 Å². The summed E-state index contributed by atoms with van der Waals surface area (Å²) in [6.45, 7) is 12.3. The summed E-state index contributed by atoms with van der Waals surface area (Å²) in [5.74, 6) is -2.03. The Hall–Kier alpha value is -4.33. The molecule has 0 bridgehead atoms. The van der Waals surface area contributed by atoms with Crippen LogP contribution in [0.2, 0.25) is 5.02 Å². The molecule has 5 nitrogen and oxygen atoms in total. The van der Waals surface area contributed by atoms with Gasteiger partial charge in [0.05, 0.1) is 5.69 Å². The normalized spacial score (nSPS) is 13.8. The lowest BCUT2D eigenvalue weighted by atomic mass is 9.99. The van der Waals surface area contributed by atoms with E-state index in [1.807, 2.05) is 35.2 Å². The van der Waals surface area contributed by atoms with Crippen LogP contribution < -0.4 is 4.90 Å². The predicted molar refractivity (Wildman–Crippen MR) is 195 cm³/mol. The lowest BCUT2D eigenvalue weighted by molar-refractivity contribution is -0.133. The molecule has 4 aromatic carbocycles. The molecule has 4 aromatic rings. The average molecular weight is 684 g/mol. The summed E-state index contributed by atoms with van der Waals surface area (Å²) in [6.07, 6.45) is 2.14. The zero-order chi connectivity index (χ0) is 35.1. The van der Waals surface area contributed by atoms with Crippen LogP contribution in [0.1, 0.15) is 61.5 Å². The lowest BCUT2D eigenvalue weighted by Gasteiger charge is -2.41. The maximum Gasteiger partial charge on any atom is 0.243 e. The van der Waals surface area contributed by atoms with E-state index in [9.17, 15) is 18.4 Å². The first kappa shape index (κ1) is 36.0. The number of Topliss-reactive ketones (excluding diaryl/α,β-unsaturated/α-hetero) is 1. The number of aryl methyl sites for hydroxylation is 1. The molecular formula is C41H44ClF2N3O2. The van der Waals surface area contributed by atoms with Crippen LogP contribution in [0.25, 0.3) is 11.1 Å². The Bertz CT molecular complexity index is 1770. The Morgan fingerprint density at radius 2 is 1.53 bits per heavy atom. The quantitative estimate of drug-likeness (QED) is 0.132. The van der Waals surface area contributed by atoms with Crippen LogP contribution in [0.5, 0.6) is 0 Å². The summed E-state index contributed by atoms with van der Waals surface area (Å²) < 4.78 is 28.5. The van der Waals surface area contributed by atoms with E-state index in [0.29, 0.717) is 34.6 Å². The van der Waals surface area contributed by atoms with Gasteiger partial charge in [0.2, 0.25) is 5.91 Å². The first-order valence-corrected chi connectivity index (χ1v) is 17.3. The SMILES string of the molecule is C=C(CCc1cccc(F)c1F)N(CC(=O)N(Cc1ccc(-c2ccc(Cl)cc2)cc1)C1CCN(C(C)C)CC1)c1ccccc1C(C)=O. The van der Waals surface area contributed by atoms with Crippen molar-refractivity contribution in [3.63, 3.8) is 0 Å². The highest BCUT2D eigenvalue weighted by atomic mass is 35.5. The first-order chi connectivity index (χ1) is 23.5. The highest BCUT2D eigenvalue weighted by Crippen LogP contribution is 2.29. The van der Waals surface area contributed by atoms with Crippen molar-refractivity contribution in [1.82, 2.24) is 9.80 Å². The number of ketones is 1. The molecule has 1 heterocycles. The van der Waals surface area contributed by atoms with Gasteiger partial charge in [-0.25, -0.2) is 8.78 Å². The molecule has 1 aliphatic heterocycles. The van der Waals surface area contributed by atoms with E-state index in [4.69, 9.17) is 11.6 Å². The Labute approximate surface area is 293 Å². The van der Waals surface area contributed by atoms with Crippen molar-refractivity contribution in [3.8, 4) is 11.1 Å². The fourth-order valence-corrected chi connectivity index (χ4v) is 6.66. The van der Waals surface area contributed by atoms with Gasteiger partial charge in [0.15, 0.2) is 17.4 Å². The number of halogens is 3. The summed E-state index contributed by atoms with van der Waals surface area (Å²) in [4.78, 5) is 33.5. The minimum Gasteiger partial charge on any atom is -0.336 e. The van der Waals surface area contributed by atoms with Crippen molar-refractivity contribution < 1.29 is 18.4 Å². The van der Waals surface area contributed by atoms with Gasteiger partial charge in [0, 0.05) is 48.0 Å². The van der Waals surface area contributed by atoms with Gasteiger partial charge in [-0.05, 0) is 99.0 Å². The molecule has 49 heavy (non-hydrogen) atoms. The molecule has 1 fully saturated rings. The number of rotatable bonds is 13. The number of amides is 1. The molecule has 0 radical (unpaired) electrons. The standard InChI is InChI=1S/C41H44ClF2N3O2/c1-28(2)45-24-22-36(23-25-45)47(26-31-13-16-32(17-14-31)33-18-20-35(42)21-19-33)40(49)27-46(39-11-6-5-9-37(39)30(4)48)29(3)12-15-34-8-7-10-38(43)41(34)44/h5-11,13-14,16-21,28,36H,3,12,15,22-27H2,1-2,4H3. The number of nitrogens with zero attached hydrogens (tertiary/aromatic N) is 3. The van der Waals surface area contributed by atoms with Crippen LogP contribution in [-0.2, 0) is 17.8 Å². The van der Waals surface area contributed by atoms with Crippen molar-refractivity contribution in [1.29, 1.82) is 0 Å². The predicted octanol–water partition coefficient (Wildman–Crippen LogP) is 9.34. The van der Waals surface area contributed by atoms with Crippen LogP contribution in [0.15, 0.2) is 103 Å². The number of anilines is 1. The summed E-state index contributed by atoms with van der Waals surface area (Å²) in [5.41, 5.74) is 4.91. The number of carbonyl (C=O) groups is 2. The number of hydrogen-bond acceptors (Lipinski definition) is 4. The van der Waals surface area contributed by atoms with Crippen molar-refractivity contribution in [2.75, 3.05) is 24.5 Å². The van der Waals surface area contributed by atoms with Crippen LogP contribution >= 0.6 is 11.6 Å². The van der Waals surface area contributed by atoms with Crippen molar-refractivity contribution in [2.24, 2.45) is 0 Å². The van der Waals surface area contributed by atoms with Gasteiger partial charge in [0.1, 0.15) is 6.54 Å². The second-order valence-corrected chi connectivity index (χ2v) is 13.5. The number of likely N-dealkylation sites (tertiary alicyclic amines) is 1. The molecule has 256 valence electrons. The molecule has 0 N–H and O–H groups in total. The monoisotopic (exact) mass is 683 g/mol. The maximum absolute atomic E-state index is 14.6. The molecule has 0 aromatic heterocycles. The second-order valence-electron chi connectivity index (χ2n) is 13.0. The fourth-order valence-electron chi connectivity index (χ4n) is 6.53. The number of hydrogen-bond donors (Lipinski definition) is 0. The Morgan fingerprint density at radius 1 is 0.898 bits per heavy atom. The second kappa shape index (κ2) is 16.4. The van der Waals surface area contributed by atoms with E-state index >= 15 is 0 Å². The molecule has 0 aliphatic carbocycles. The zero-order valence-corrected chi connectivity index (χ0v) is 29.2. The topological polar surface area (TPSA) is 43.9 Å². The van der Waals surface area contributed by atoms with E-state index in [-0.39, 0.29) is 42.7 Å². The third-order valence-corrected chi connectivity index (χ3v) is 9.69. The highest BCUT2D eigenvalue weighted by molar-refractivity contribution is 6.30. The van der Waals surface area contributed by atoms with E-state index in [1.165, 1.54) is 13.0 Å².